The van der Waals surface area contributed by atoms with Crippen LogP contribution in [0.15, 0.2) is 42.9 Å². The molecule has 1 N–H and O–H groups in total. The Balaban J connectivity index is 1.90. The van der Waals surface area contributed by atoms with Crippen LogP contribution in [-0.2, 0) is 0 Å². The molecule has 23 heavy (non-hydrogen) atoms. The number of carbonyl (C=O) groups is 2. The maximum absolute atomic E-state index is 11.8. The summed E-state index contributed by atoms with van der Waals surface area (Å²) in [6, 6.07) is 7.00. The number of aromatic nitrogens is 2. The van der Waals surface area contributed by atoms with Gasteiger partial charge in [0.05, 0.1) is 12.7 Å². The molecule has 0 unspecified atom stereocenters. The molecule has 0 atom stereocenters. The molecule has 1 aromatic carbocycles. The van der Waals surface area contributed by atoms with E-state index in [1.165, 1.54) is 23.5 Å². The fourth-order valence-electron chi connectivity index (χ4n) is 1.73. The fourth-order valence-corrected chi connectivity index (χ4v) is 1.73. The maximum atomic E-state index is 11.8. The van der Waals surface area contributed by atoms with E-state index in [9.17, 15) is 9.59 Å². The van der Waals surface area contributed by atoms with Gasteiger partial charge < -0.3 is 10.2 Å². The van der Waals surface area contributed by atoms with Crippen LogP contribution >= 0.6 is 0 Å². The quantitative estimate of drug-likeness (QED) is 0.857. The molecule has 2 rings (SSSR count). The van der Waals surface area contributed by atoms with Crippen LogP contribution in [0.4, 0.5) is 0 Å². The lowest BCUT2D eigenvalue weighted by atomic mass is 10.1. The molecule has 1 heterocycles. The van der Waals surface area contributed by atoms with Gasteiger partial charge in [0.25, 0.3) is 11.8 Å². The van der Waals surface area contributed by atoms with E-state index < -0.39 is 0 Å². The number of nitrogens with zero attached hydrogens (tertiary/aromatic N) is 3. The molecule has 0 saturated carbocycles. The number of carbonyl (C=O) groups excluding carboxylic acids is 2. The Hall–Kier alpha value is -3.20. The highest BCUT2D eigenvalue weighted by molar-refractivity contribution is 5.94. The van der Waals surface area contributed by atoms with Crippen LogP contribution in [0, 0.1) is 11.8 Å². The number of nitrogens with one attached hydrogen (secondary N) is 1. The van der Waals surface area contributed by atoms with Crippen molar-refractivity contribution in [3.63, 3.8) is 0 Å². The van der Waals surface area contributed by atoms with Crippen molar-refractivity contribution in [1.29, 1.82) is 0 Å². The Morgan fingerprint density at radius 3 is 2.52 bits per heavy atom. The van der Waals surface area contributed by atoms with Crippen molar-refractivity contribution in [2.24, 2.45) is 0 Å². The third-order valence-electron chi connectivity index (χ3n) is 2.90. The molecule has 0 bridgehead atoms. The Morgan fingerprint density at radius 2 is 1.91 bits per heavy atom. The van der Waals surface area contributed by atoms with E-state index in [1.807, 2.05) is 0 Å². The van der Waals surface area contributed by atoms with E-state index in [-0.39, 0.29) is 24.1 Å². The zero-order valence-electron chi connectivity index (χ0n) is 12.9. The molecule has 1 aromatic heterocycles. The van der Waals surface area contributed by atoms with Gasteiger partial charge in [-0.25, -0.2) is 4.98 Å². The average Bonchev–Trinajstić information content (AvgIpc) is 2.59. The summed E-state index contributed by atoms with van der Waals surface area (Å²) >= 11 is 0. The Kier molecular flexibility index (Phi) is 5.42. The van der Waals surface area contributed by atoms with Crippen molar-refractivity contribution in [1.82, 2.24) is 20.2 Å². The third-order valence-corrected chi connectivity index (χ3v) is 2.90. The molecule has 0 saturated heterocycles. The number of rotatable bonds is 3. The minimum Gasteiger partial charge on any atom is -0.345 e. The SMILES string of the molecule is CN(C)C(=O)c1ccc(C#CCNC(=O)c2cnccn2)cc1. The monoisotopic (exact) mass is 308 g/mol. The summed E-state index contributed by atoms with van der Waals surface area (Å²) in [4.78, 5) is 32.7. The van der Waals surface area contributed by atoms with Crippen LogP contribution < -0.4 is 5.32 Å². The van der Waals surface area contributed by atoms with E-state index in [1.54, 1.807) is 38.4 Å². The minimum absolute atomic E-state index is 0.0549. The van der Waals surface area contributed by atoms with Crippen molar-refractivity contribution < 1.29 is 9.59 Å². The molecular formula is C17H16N4O2. The smallest absolute Gasteiger partial charge is 0.272 e. The van der Waals surface area contributed by atoms with Crippen molar-refractivity contribution in [3.8, 4) is 11.8 Å². The molecule has 0 spiro atoms. The van der Waals surface area contributed by atoms with E-state index in [4.69, 9.17) is 0 Å². The predicted octanol–water partition coefficient (Wildman–Crippen LogP) is 0.960. The van der Waals surface area contributed by atoms with Crippen LogP contribution in [0.2, 0.25) is 0 Å². The van der Waals surface area contributed by atoms with Gasteiger partial charge in [0, 0.05) is 37.6 Å². The standard InChI is InChI=1S/C17H16N4O2/c1-21(2)17(23)14-7-5-13(6-8-14)4-3-9-20-16(22)15-12-18-10-11-19-15/h5-8,10-12H,9H2,1-2H3,(H,20,22). The molecule has 0 aliphatic heterocycles. The minimum atomic E-state index is -0.320. The molecule has 0 aliphatic carbocycles. The van der Waals surface area contributed by atoms with Crippen molar-refractivity contribution >= 4 is 11.8 Å². The largest absolute Gasteiger partial charge is 0.345 e. The average molecular weight is 308 g/mol. The first-order valence-electron chi connectivity index (χ1n) is 6.92. The van der Waals surface area contributed by atoms with Crippen LogP contribution in [-0.4, -0.2) is 47.3 Å². The van der Waals surface area contributed by atoms with Gasteiger partial charge in [0.15, 0.2) is 0 Å². The first-order valence-corrected chi connectivity index (χ1v) is 6.92. The van der Waals surface area contributed by atoms with Crippen LogP contribution in [0.5, 0.6) is 0 Å². The van der Waals surface area contributed by atoms with Gasteiger partial charge in [-0.15, -0.1) is 0 Å². The first kappa shape index (κ1) is 16.2. The van der Waals surface area contributed by atoms with Crippen LogP contribution in [0.25, 0.3) is 0 Å². The summed E-state index contributed by atoms with van der Waals surface area (Å²) in [5, 5.41) is 2.64. The Morgan fingerprint density at radius 1 is 1.17 bits per heavy atom. The first-order chi connectivity index (χ1) is 11.1. The van der Waals surface area contributed by atoms with Gasteiger partial charge in [-0.2, -0.15) is 0 Å². The molecule has 6 heteroatoms. The topological polar surface area (TPSA) is 75.2 Å². The number of hydrogen-bond donors (Lipinski definition) is 1. The summed E-state index contributed by atoms with van der Waals surface area (Å²) in [5.41, 5.74) is 1.63. The third kappa shape index (κ3) is 4.64. The summed E-state index contributed by atoms with van der Waals surface area (Å²) in [7, 11) is 3.41. The highest BCUT2D eigenvalue weighted by Gasteiger charge is 2.06. The van der Waals surface area contributed by atoms with Crippen LogP contribution in [0.1, 0.15) is 26.4 Å². The summed E-state index contributed by atoms with van der Waals surface area (Å²) in [6.45, 7) is 0.202. The van der Waals surface area contributed by atoms with Crippen LogP contribution in [0.3, 0.4) is 0 Å². The Labute approximate surface area is 134 Å². The van der Waals surface area contributed by atoms with Gasteiger partial charge in [-0.3, -0.25) is 14.6 Å². The van der Waals surface area contributed by atoms with Gasteiger partial charge in [-0.05, 0) is 24.3 Å². The van der Waals surface area contributed by atoms with E-state index >= 15 is 0 Å². The molecule has 0 radical (unpaired) electrons. The Bertz CT molecular complexity index is 744. The lowest BCUT2D eigenvalue weighted by Crippen LogP contribution is -2.24. The normalized spacial score (nSPS) is 9.48. The zero-order valence-corrected chi connectivity index (χ0v) is 12.9. The van der Waals surface area contributed by atoms with Gasteiger partial charge >= 0.3 is 0 Å². The van der Waals surface area contributed by atoms with Gasteiger partial charge in [0.2, 0.25) is 0 Å². The maximum Gasteiger partial charge on any atom is 0.272 e. The fraction of sp³-hybridized carbons (Fsp3) is 0.176. The molecule has 0 aliphatic rings. The second-order valence-corrected chi connectivity index (χ2v) is 4.85. The number of amides is 2. The highest BCUT2D eigenvalue weighted by Crippen LogP contribution is 2.05. The molecule has 6 nitrogen and oxygen atoms in total. The van der Waals surface area contributed by atoms with Crippen molar-refractivity contribution in [2.75, 3.05) is 20.6 Å². The predicted molar refractivity (Wildman–Crippen MR) is 85.7 cm³/mol. The summed E-state index contributed by atoms with van der Waals surface area (Å²) in [5.74, 6) is 5.39. The number of hydrogen-bond acceptors (Lipinski definition) is 4. The summed E-state index contributed by atoms with van der Waals surface area (Å²) < 4.78 is 0. The van der Waals surface area contributed by atoms with E-state index in [0.717, 1.165) is 5.56 Å². The van der Waals surface area contributed by atoms with Gasteiger partial charge in [0.1, 0.15) is 5.69 Å². The molecular weight excluding hydrogens is 292 g/mol. The zero-order chi connectivity index (χ0) is 16.7. The summed E-state index contributed by atoms with van der Waals surface area (Å²) in [6.07, 6.45) is 4.35. The van der Waals surface area contributed by atoms with Gasteiger partial charge in [-0.1, -0.05) is 11.8 Å². The van der Waals surface area contributed by atoms with Crippen molar-refractivity contribution in [2.45, 2.75) is 0 Å². The highest BCUT2D eigenvalue weighted by atomic mass is 16.2. The molecule has 2 amide bonds. The number of benzene rings is 1. The second kappa shape index (κ2) is 7.71. The molecule has 2 aromatic rings. The van der Waals surface area contributed by atoms with E-state index in [0.29, 0.717) is 5.56 Å². The lowest BCUT2D eigenvalue weighted by Gasteiger charge is -2.09. The lowest BCUT2D eigenvalue weighted by molar-refractivity contribution is 0.0827. The van der Waals surface area contributed by atoms with E-state index in [2.05, 4.69) is 27.1 Å². The second-order valence-electron chi connectivity index (χ2n) is 4.85. The molecule has 0 fully saturated rings. The molecule has 116 valence electrons. The van der Waals surface area contributed by atoms with Crippen molar-refractivity contribution in [3.05, 3.63) is 59.7 Å².